The maximum Gasteiger partial charge on any atom is 0.317 e. The lowest BCUT2D eigenvalue weighted by molar-refractivity contribution is -0.149. The Labute approximate surface area is 166 Å². The van der Waals surface area contributed by atoms with Gasteiger partial charge in [0.1, 0.15) is 5.75 Å². The second kappa shape index (κ2) is 8.82. The van der Waals surface area contributed by atoms with E-state index in [0.717, 1.165) is 37.1 Å². The van der Waals surface area contributed by atoms with Crippen LogP contribution in [0, 0.1) is 11.3 Å². The molecule has 2 aliphatic rings. The van der Waals surface area contributed by atoms with Crippen molar-refractivity contribution < 1.29 is 19.4 Å². The molecule has 0 aromatic heterocycles. The van der Waals surface area contributed by atoms with Gasteiger partial charge in [-0.1, -0.05) is 18.6 Å². The molecule has 7 nitrogen and oxygen atoms in total. The first-order valence-electron chi connectivity index (χ1n) is 10.0. The van der Waals surface area contributed by atoms with Crippen LogP contribution in [0.5, 0.6) is 5.75 Å². The zero-order valence-electron chi connectivity index (χ0n) is 16.8. The van der Waals surface area contributed by atoms with E-state index in [4.69, 9.17) is 4.74 Å². The predicted octanol–water partition coefficient (Wildman–Crippen LogP) is 2.41. The number of nitrogens with zero attached hydrogens (tertiary/aromatic N) is 2. The van der Waals surface area contributed by atoms with Gasteiger partial charge in [0.15, 0.2) is 0 Å². The fourth-order valence-electron chi connectivity index (χ4n) is 4.36. The Balaban J connectivity index is 1.44. The van der Waals surface area contributed by atoms with E-state index in [9.17, 15) is 14.7 Å². The third-order valence-corrected chi connectivity index (χ3v) is 5.97. The second-order valence-electron chi connectivity index (χ2n) is 8.24. The zero-order chi connectivity index (χ0) is 20.1. The van der Waals surface area contributed by atoms with E-state index >= 15 is 0 Å². The number of fused-ring (bicyclic) bond motifs is 1. The third kappa shape index (κ3) is 4.58. The number of nitrogens with one attached hydrogen (secondary N) is 1. The van der Waals surface area contributed by atoms with Gasteiger partial charge < -0.3 is 25.0 Å². The van der Waals surface area contributed by atoms with Gasteiger partial charge in [-0.15, -0.1) is 0 Å². The number of amides is 2. The molecule has 28 heavy (non-hydrogen) atoms. The van der Waals surface area contributed by atoms with Crippen LogP contribution in [0.1, 0.15) is 31.2 Å². The van der Waals surface area contributed by atoms with Gasteiger partial charge in [0.05, 0.1) is 12.0 Å². The largest absolute Gasteiger partial charge is 0.494 e. The standard InChI is InChI=1S/C21H31N3O4/c1-23(2)11-4-12-28-18-8-6-16(7-9-18)13-22-20(27)24-14-17-5-3-10-21(17,15-24)19(25)26/h6-9,17H,3-5,10-15H2,1-2H3,(H,22,27)(H,25,26)/t17-,21+/m0/s1. The van der Waals surface area contributed by atoms with Gasteiger partial charge >= 0.3 is 12.0 Å². The highest BCUT2D eigenvalue weighted by molar-refractivity contribution is 5.80. The van der Waals surface area contributed by atoms with Crippen LogP contribution < -0.4 is 10.1 Å². The molecular formula is C21H31N3O4. The van der Waals surface area contributed by atoms with Crippen molar-refractivity contribution in [2.24, 2.45) is 11.3 Å². The van der Waals surface area contributed by atoms with Crippen molar-refractivity contribution >= 4 is 12.0 Å². The maximum atomic E-state index is 12.5. The molecular weight excluding hydrogens is 358 g/mol. The van der Waals surface area contributed by atoms with E-state index < -0.39 is 11.4 Å². The van der Waals surface area contributed by atoms with Crippen LogP contribution in [0.25, 0.3) is 0 Å². The molecule has 0 unspecified atom stereocenters. The highest BCUT2D eigenvalue weighted by Gasteiger charge is 2.55. The minimum atomic E-state index is -0.758. The fourth-order valence-corrected chi connectivity index (χ4v) is 4.36. The van der Waals surface area contributed by atoms with Crippen LogP contribution in [-0.2, 0) is 11.3 Å². The van der Waals surface area contributed by atoms with Crippen molar-refractivity contribution in [1.82, 2.24) is 15.1 Å². The molecule has 1 saturated carbocycles. The number of carbonyl (C=O) groups is 2. The summed E-state index contributed by atoms with van der Waals surface area (Å²) < 4.78 is 5.72. The molecule has 0 spiro atoms. The van der Waals surface area contributed by atoms with Gasteiger partial charge in [-0.3, -0.25) is 4.79 Å². The summed E-state index contributed by atoms with van der Waals surface area (Å²) in [4.78, 5) is 28.0. The predicted molar refractivity (Wildman–Crippen MR) is 106 cm³/mol. The summed E-state index contributed by atoms with van der Waals surface area (Å²) in [6.07, 6.45) is 3.48. The number of aliphatic carboxylic acids is 1. The number of likely N-dealkylation sites (tertiary alicyclic amines) is 1. The number of hydrogen-bond acceptors (Lipinski definition) is 4. The van der Waals surface area contributed by atoms with Gasteiger partial charge in [-0.05, 0) is 57.0 Å². The number of hydrogen-bond donors (Lipinski definition) is 2. The SMILES string of the molecule is CN(C)CCCOc1ccc(CNC(=O)N2C[C@@H]3CCC[C@@]3(C(=O)O)C2)cc1. The molecule has 1 aromatic carbocycles. The molecule has 0 bridgehead atoms. The van der Waals surface area contributed by atoms with Gasteiger partial charge in [0.2, 0.25) is 0 Å². The Bertz CT molecular complexity index is 691. The minimum Gasteiger partial charge on any atom is -0.494 e. The number of urea groups is 1. The molecule has 7 heteroatoms. The first kappa shape index (κ1) is 20.5. The number of benzene rings is 1. The number of ether oxygens (including phenoxy) is 1. The van der Waals surface area contributed by atoms with Crippen LogP contribution in [-0.4, -0.2) is 67.2 Å². The topological polar surface area (TPSA) is 82.1 Å². The summed E-state index contributed by atoms with van der Waals surface area (Å²) >= 11 is 0. The van der Waals surface area contributed by atoms with Crippen LogP contribution in [0.15, 0.2) is 24.3 Å². The van der Waals surface area contributed by atoms with E-state index in [1.165, 1.54) is 0 Å². The van der Waals surface area contributed by atoms with Crippen molar-refractivity contribution in [2.75, 3.05) is 40.3 Å². The molecule has 1 heterocycles. The lowest BCUT2D eigenvalue weighted by atomic mass is 9.81. The lowest BCUT2D eigenvalue weighted by Crippen LogP contribution is -2.41. The highest BCUT2D eigenvalue weighted by atomic mass is 16.5. The second-order valence-corrected chi connectivity index (χ2v) is 8.24. The quantitative estimate of drug-likeness (QED) is 0.667. The Morgan fingerprint density at radius 1 is 1.32 bits per heavy atom. The van der Waals surface area contributed by atoms with Gasteiger partial charge in [-0.2, -0.15) is 0 Å². The van der Waals surface area contributed by atoms with Crippen LogP contribution in [0.2, 0.25) is 0 Å². The molecule has 2 fully saturated rings. The van der Waals surface area contributed by atoms with Gasteiger partial charge in [0, 0.05) is 26.2 Å². The molecule has 2 N–H and O–H groups in total. The molecule has 1 aliphatic carbocycles. The Morgan fingerprint density at radius 3 is 2.71 bits per heavy atom. The fraction of sp³-hybridized carbons (Fsp3) is 0.619. The number of carboxylic acids is 1. The summed E-state index contributed by atoms with van der Waals surface area (Å²) in [5.41, 5.74) is 0.254. The Kier molecular flexibility index (Phi) is 6.44. The van der Waals surface area contributed by atoms with E-state index in [1.54, 1.807) is 4.90 Å². The van der Waals surface area contributed by atoms with Crippen LogP contribution >= 0.6 is 0 Å². The summed E-state index contributed by atoms with van der Waals surface area (Å²) in [6, 6.07) is 7.53. The molecule has 2 amide bonds. The molecule has 154 valence electrons. The average molecular weight is 389 g/mol. The molecule has 2 atom stereocenters. The zero-order valence-corrected chi connectivity index (χ0v) is 16.8. The maximum absolute atomic E-state index is 12.5. The Morgan fingerprint density at radius 2 is 2.07 bits per heavy atom. The normalized spacial score (nSPS) is 23.7. The monoisotopic (exact) mass is 389 g/mol. The van der Waals surface area contributed by atoms with Gasteiger partial charge in [-0.25, -0.2) is 4.79 Å². The summed E-state index contributed by atoms with van der Waals surface area (Å²) in [6.45, 7) is 2.94. The molecule has 1 aliphatic heterocycles. The number of carbonyl (C=O) groups excluding carboxylic acids is 1. The van der Waals surface area contributed by atoms with Crippen molar-refractivity contribution in [2.45, 2.75) is 32.2 Å². The first-order valence-corrected chi connectivity index (χ1v) is 10.0. The molecule has 1 aromatic rings. The highest BCUT2D eigenvalue weighted by Crippen LogP contribution is 2.48. The third-order valence-electron chi connectivity index (χ3n) is 5.97. The Hall–Kier alpha value is -2.28. The first-order chi connectivity index (χ1) is 13.4. The van der Waals surface area contributed by atoms with E-state index in [0.29, 0.717) is 32.7 Å². The summed E-state index contributed by atoms with van der Waals surface area (Å²) in [5, 5.41) is 12.6. The minimum absolute atomic E-state index is 0.0830. The van der Waals surface area contributed by atoms with Crippen molar-refractivity contribution in [3.63, 3.8) is 0 Å². The van der Waals surface area contributed by atoms with E-state index in [2.05, 4.69) is 10.2 Å². The number of carboxylic acid groups (broad SMARTS) is 1. The number of rotatable bonds is 8. The molecule has 3 rings (SSSR count). The summed E-state index contributed by atoms with van der Waals surface area (Å²) in [7, 11) is 4.08. The van der Waals surface area contributed by atoms with E-state index in [1.807, 2.05) is 38.4 Å². The lowest BCUT2D eigenvalue weighted by Gasteiger charge is -2.23. The van der Waals surface area contributed by atoms with Crippen LogP contribution in [0.3, 0.4) is 0 Å². The van der Waals surface area contributed by atoms with Crippen molar-refractivity contribution in [3.05, 3.63) is 29.8 Å². The summed E-state index contributed by atoms with van der Waals surface area (Å²) in [5.74, 6) is 0.149. The van der Waals surface area contributed by atoms with Crippen LogP contribution in [0.4, 0.5) is 4.79 Å². The average Bonchev–Trinajstić information content (AvgIpc) is 3.23. The molecule has 1 saturated heterocycles. The molecule has 0 radical (unpaired) electrons. The van der Waals surface area contributed by atoms with E-state index in [-0.39, 0.29) is 11.9 Å². The van der Waals surface area contributed by atoms with Crippen molar-refractivity contribution in [1.29, 1.82) is 0 Å². The van der Waals surface area contributed by atoms with Gasteiger partial charge in [0.25, 0.3) is 0 Å². The van der Waals surface area contributed by atoms with Crippen molar-refractivity contribution in [3.8, 4) is 5.75 Å². The smallest absolute Gasteiger partial charge is 0.317 e.